The Bertz CT molecular complexity index is 887. The summed E-state index contributed by atoms with van der Waals surface area (Å²) in [5.74, 6) is 0.0527. The van der Waals surface area contributed by atoms with Gasteiger partial charge in [0.1, 0.15) is 0 Å². The second-order valence-electron chi connectivity index (χ2n) is 7.65. The summed E-state index contributed by atoms with van der Waals surface area (Å²) in [7, 11) is 0. The molecule has 5 heteroatoms. The van der Waals surface area contributed by atoms with E-state index in [-0.39, 0.29) is 24.2 Å². The number of pyridine rings is 1. The van der Waals surface area contributed by atoms with E-state index in [1.54, 1.807) is 11.1 Å². The van der Waals surface area contributed by atoms with Crippen molar-refractivity contribution in [1.29, 1.82) is 0 Å². The normalized spacial score (nSPS) is 19.0. The van der Waals surface area contributed by atoms with Gasteiger partial charge in [-0.3, -0.25) is 14.6 Å². The van der Waals surface area contributed by atoms with E-state index < -0.39 is 0 Å². The highest BCUT2D eigenvalue weighted by Gasteiger charge is 2.29. The molecular weight excluding hydrogens is 364 g/mol. The van der Waals surface area contributed by atoms with Crippen LogP contribution in [0.2, 0.25) is 0 Å². The van der Waals surface area contributed by atoms with E-state index in [9.17, 15) is 9.59 Å². The van der Waals surface area contributed by atoms with Gasteiger partial charge in [-0.05, 0) is 42.5 Å². The fourth-order valence-electron chi connectivity index (χ4n) is 4.11. The van der Waals surface area contributed by atoms with Crippen LogP contribution in [0.15, 0.2) is 60.3 Å². The molecule has 0 bridgehead atoms. The average molecular weight is 390 g/mol. The van der Waals surface area contributed by atoms with Gasteiger partial charge in [0.05, 0.1) is 24.8 Å². The summed E-state index contributed by atoms with van der Waals surface area (Å²) in [6.07, 6.45) is 5.12. The van der Waals surface area contributed by atoms with Crippen LogP contribution in [0.4, 0.5) is 0 Å². The summed E-state index contributed by atoms with van der Waals surface area (Å²) in [5.41, 5.74) is 3.56. The first-order valence-corrected chi connectivity index (χ1v) is 10.3. The molecule has 0 radical (unpaired) electrons. The number of Topliss-reactive ketones (excluding diaryl/α,β-unsaturated/α-hetero) is 1. The number of carbonyl (C=O) groups is 2. The Hall–Kier alpha value is -2.79. The predicted octanol–water partition coefficient (Wildman–Crippen LogP) is 3.80. The number of hydrogen-bond acceptors (Lipinski definition) is 4. The summed E-state index contributed by atoms with van der Waals surface area (Å²) in [6.45, 7) is 1.72. The van der Waals surface area contributed by atoms with Gasteiger partial charge in [-0.1, -0.05) is 36.4 Å². The van der Waals surface area contributed by atoms with Gasteiger partial charge in [0.15, 0.2) is 5.78 Å². The number of aromatic nitrogens is 1. The molecule has 0 N–H and O–H groups in total. The zero-order chi connectivity index (χ0) is 20.1. The molecule has 1 atom stereocenters. The molecule has 1 aliphatic carbocycles. The Labute approximate surface area is 171 Å². The highest BCUT2D eigenvalue weighted by molar-refractivity contribution is 6.10. The molecule has 1 aliphatic heterocycles. The van der Waals surface area contributed by atoms with Crippen molar-refractivity contribution in [1.82, 2.24) is 9.88 Å². The van der Waals surface area contributed by atoms with E-state index in [1.165, 1.54) is 0 Å². The Morgan fingerprint density at radius 1 is 1.10 bits per heavy atom. The van der Waals surface area contributed by atoms with Crippen molar-refractivity contribution in [3.63, 3.8) is 0 Å². The summed E-state index contributed by atoms with van der Waals surface area (Å²) in [4.78, 5) is 32.0. The number of carbonyl (C=O) groups excluding carboxylic acids is 2. The number of hydrogen-bond donors (Lipinski definition) is 0. The fraction of sp³-hybridized carbons (Fsp3) is 0.375. The maximum Gasteiger partial charge on any atom is 0.227 e. The molecule has 1 aromatic carbocycles. The molecule has 2 aliphatic rings. The summed E-state index contributed by atoms with van der Waals surface area (Å²) < 4.78 is 5.76. The second-order valence-corrected chi connectivity index (χ2v) is 7.65. The summed E-state index contributed by atoms with van der Waals surface area (Å²) in [5, 5.41) is 0. The number of benzene rings is 1. The van der Waals surface area contributed by atoms with Crippen molar-refractivity contribution in [3.8, 4) is 0 Å². The molecule has 1 aromatic heterocycles. The van der Waals surface area contributed by atoms with Crippen LogP contribution < -0.4 is 0 Å². The van der Waals surface area contributed by atoms with Gasteiger partial charge >= 0.3 is 0 Å². The summed E-state index contributed by atoms with van der Waals surface area (Å²) >= 11 is 0. The van der Waals surface area contributed by atoms with Crippen LogP contribution in [0.3, 0.4) is 0 Å². The van der Waals surface area contributed by atoms with Crippen LogP contribution in [-0.2, 0) is 20.9 Å². The first kappa shape index (κ1) is 19.5. The molecule has 4 rings (SSSR count). The van der Waals surface area contributed by atoms with E-state index in [0.29, 0.717) is 31.5 Å². The van der Waals surface area contributed by atoms with Crippen molar-refractivity contribution in [3.05, 3.63) is 71.6 Å². The maximum atomic E-state index is 13.3. The van der Waals surface area contributed by atoms with Gasteiger partial charge in [0, 0.05) is 31.3 Å². The zero-order valence-corrected chi connectivity index (χ0v) is 16.5. The topological polar surface area (TPSA) is 59.5 Å². The van der Waals surface area contributed by atoms with Crippen molar-refractivity contribution in [2.45, 2.75) is 44.8 Å². The third-order valence-corrected chi connectivity index (χ3v) is 5.63. The molecule has 5 nitrogen and oxygen atoms in total. The average Bonchev–Trinajstić information content (AvgIpc) is 3.39. The quantitative estimate of drug-likeness (QED) is 0.722. The lowest BCUT2D eigenvalue weighted by atomic mass is 9.99. The smallest absolute Gasteiger partial charge is 0.227 e. The Morgan fingerprint density at radius 3 is 2.66 bits per heavy atom. The lowest BCUT2D eigenvalue weighted by molar-refractivity contribution is -0.133. The Kier molecular flexibility index (Phi) is 6.15. The van der Waals surface area contributed by atoms with E-state index in [2.05, 4.69) is 4.98 Å². The molecule has 150 valence electrons. The third kappa shape index (κ3) is 4.80. The molecule has 0 spiro atoms. The molecule has 29 heavy (non-hydrogen) atoms. The van der Waals surface area contributed by atoms with E-state index >= 15 is 0 Å². The standard InChI is InChI=1S/C24H26N2O3/c27-23-12-11-21(18-7-2-1-3-8-18)22(23)15-24(28)26(17-20-10-6-14-29-20)16-19-9-4-5-13-25-19/h1-5,7-9,13,20H,6,10-12,14-17H2. The van der Waals surface area contributed by atoms with Crippen LogP contribution in [0.1, 0.15) is 43.4 Å². The fourth-order valence-corrected chi connectivity index (χ4v) is 4.11. The van der Waals surface area contributed by atoms with E-state index in [4.69, 9.17) is 4.74 Å². The molecule has 1 fully saturated rings. The first-order valence-electron chi connectivity index (χ1n) is 10.3. The van der Waals surface area contributed by atoms with Gasteiger partial charge in [0.2, 0.25) is 5.91 Å². The van der Waals surface area contributed by atoms with Crippen LogP contribution in [-0.4, -0.2) is 40.8 Å². The third-order valence-electron chi connectivity index (χ3n) is 5.63. The van der Waals surface area contributed by atoms with Crippen molar-refractivity contribution in [2.75, 3.05) is 13.2 Å². The predicted molar refractivity (Wildman–Crippen MR) is 111 cm³/mol. The highest BCUT2D eigenvalue weighted by Crippen LogP contribution is 2.33. The Morgan fingerprint density at radius 2 is 1.93 bits per heavy atom. The van der Waals surface area contributed by atoms with Crippen molar-refractivity contribution >= 4 is 17.3 Å². The largest absolute Gasteiger partial charge is 0.376 e. The minimum Gasteiger partial charge on any atom is -0.376 e. The van der Waals surface area contributed by atoms with Crippen molar-refractivity contribution < 1.29 is 14.3 Å². The lowest BCUT2D eigenvalue weighted by Gasteiger charge is -2.25. The SMILES string of the molecule is O=C1CCC(c2ccccc2)=C1CC(=O)N(Cc1ccccn1)CC1CCCO1. The van der Waals surface area contributed by atoms with Crippen LogP contribution in [0.5, 0.6) is 0 Å². The van der Waals surface area contributed by atoms with Crippen molar-refractivity contribution in [2.24, 2.45) is 0 Å². The molecule has 2 heterocycles. The van der Waals surface area contributed by atoms with Crippen LogP contribution in [0.25, 0.3) is 5.57 Å². The van der Waals surface area contributed by atoms with Crippen LogP contribution >= 0.6 is 0 Å². The maximum absolute atomic E-state index is 13.3. The monoisotopic (exact) mass is 390 g/mol. The minimum absolute atomic E-state index is 0.0372. The summed E-state index contributed by atoms with van der Waals surface area (Å²) in [6, 6.07) is 15.6. The molecular formula is C24H26N2O3. The number of rotatable bonds is 7. The first-order chi connectivity index (χ1) is 14.2. The zero-order valence-electron chi connectivity index (χ0n) is 16.5. The molecule has 1 saturated heterocycles. The van der Waals surface area contributed by atoms with Gasteiger partial charge in [-0.15, -0.1) is 0 Å². The molecule has 1 unspecified atom stereocenters. The molecule has 0 saturated carbocycles. The number of ketones is 1. The molecule has 2 aromatic rings. The number of nitrogens with zero attached hydrogens (tertiary/aromatic N) is 2. The number of allylic oxidation sites excluding steroid dienone is 1. The Balaban J connectivity index is 1.55. The van der Waals surface area contributed by atoms with E-state index in [0.717, 1.165) is 36.3 Å². The lowest BCUT2D eigenvalue weighted by Crippen LogP contribution is -2.37. The number of amides is 1. The van der Waals surface area contributed by atoms with Crippen LogP contribution in [0, 0.1) is 0 Å². The second kappa shape index (κ2) is 9.14. The van der Waals surface area contributed by atoms with E-state index in [1.807, 2.05) is 48.5 Å². The van der Waals surface area contributed by atoms with Gasteiger partial charge < -0.3 is 9.64 Å². The highest BCUT2D eigenvalue weighted by atomic mass is 16.5. The van der Waals surface area contributed by atoms with Gasteiger partial charge in [-0.2, -0.15) is 0 Å². The molecule has 1 amide bonds. The number of ether oxygens (including phenoxy) is 1. The van der Waals surface area contributed by atoms with Gasteiger partial charge in [-0.25, -0.2) is 0 Å². The van der Waals surface area contributed by atoms with Gasteiger partial charge in [0.25, 0.3) is 0 Å². The minimum atomic E-state index is -0.0372.